The Balaban J connectivity index is 1.94. The average molecular weight is 508 g/mol. The van der Waals surface area contributed by atoms with Crippen molar-refractivity contribution in [2.24, 2.45) is 0 Å². The Labute approximate surface area is 208 Å². The molecule has 0 radical (unpaired) electrons. The second-order valence-corrected chi connectivity index (χ2v) is 10.4. The number of ether oxygens (including phenoxy) is 2. The van der Waals surface area contributed by atoms with E-state index in [9.17, 15) is 18.5 Å². The summed E-state index contributed by atoms with van der Waals surface area (Å²) in [4.78, 5) is 25.1. The van der Waals surface area contributed by atoms with Crippen molar-refractivity contribution in [3.8, 4) is 28.8 Å². The predicted molar refractivity (Wildman–Crippen MR) is 135 cm³/mol. The lowest BCUT2D eigenvalue weighted by atomic mass is 9.98. The van der Waals surface area contributed by atoms with E-state index < -0.39 is 21.6 Å². The number of imidazole rings is 1. The van der Waals surface area contributed by atoms with E-state index in [4.69, 9.17) is 9.47 Å². The van der Waals surface area contributed by atoms with Crippen molar-refractivity contribution in [1.82, 2.24) is 19.5 Å². The van der Waals surface area contributed by atoms with Crippen LogP contribution in [0.15, 0.2) is 47.4 Å². The molecule has 186 valence electrons. The van der Waals surface area contributed by atoms with Gasteiger partial charge in [-0.1, -0.05) is 18.2 Å². The predicted octanol–water partition coefficient (Wildman–Crippen LogP) is 3.01. The maximum Gasteiger partial charge on any atom is 0.328 e. The number of sulfone groups is 1. The lowest BCUT2D eigenvalue weighted by Crippen LogP contribution is -2.29. The number of benzene rings is 1. The fourth-order valence-electron chi connectivity index (χ4n) is 4.16. The number of aryl methyl sites for hydroxylation is 1. The average Bonchev–Trinajstić information content (AvgIpc) is 3.19. The molecule has 3 aromatic heterocycles. The summed E-state index contributed by atoms with van der Waals surface area (Å²) >= 11 is 0. The molecule has 3 heterocycles. The van der Waals surface area contributed by atoms with Gasteiger partial charge in [-0.25, -0.2) is 23.2 Å². The smallest absolute Gasteiger partial charge is 0.328 e. The largest absolute Gasteiger partial charge is 0.491 e. The molecule has 0 aliphatic carbocycles. The molecule has 1 atom stereocenters. The molecule has 0 bridgehead atoms. The van der Waals surface area contributed by atoms with Gasteiger partial charge < -0.3 is 14.5 Å². The highest BCUT2D eigenvalue weighted by atomic mass is 32.2. The zero-order valence-electron chi connectivity index (χ0n) is 20.3. The third-order valence-corrected chi connectivity index (χ3v) is 6.72. The first-order valence-electron chi connectivity index (χ1n) is 11.1. The van der Waals surface area contributed by atoms with Crippen LogP contribution in [0.2, 0.25) is 0 Å². The van der Waals surface area contributed by atoms with Gasteiger partial charge in [0.2, 0.25) is 0 Å². The van der Waals surface area contributed by atoms with E-state index in [1.54, 1.807) is 37.4 Å². The third kappa shape index (κ3) is 4.67. The van der Waals surface area contributed by atoms with Gasteiger partial charge in [0.1, 0.15) is 9.84 Å². The van der Waals surface area contributed by atoms with Gasteiger partial charge in [0.25, 0.3) is 5.88 Å². The highest BCUT2D eigenvalue weighted by Gasteiger charge is 2.27. The number of hydrogen-bond donors (Lipinski definition) is 1. The van der Waals surface area contributed by atoms with Crippen LogP contribution in [0, 0.1) is 18.3 Å². The number of aromatic amines is 1. The quantitative estimate of drug-likeness (QED) is 0.384. The van der Waals surface area contributed by atoms with Gasteiger partial charge in [-0.3, -0.25) is 4.57 Å². The van der Waals surface area contributed by atoms with Crippen LogP contribution in [0.1, 0.15) is 29.8 Å². The van der Waals surface area contributed by atoms with Crippen molar-refractivity contribution < 1.29 is 17.9 Å². The minimum absolute atomic E-state index is 0.198. The zero-order chi connectivity index (χ0) is 26.0. The number of nitrogens with zero attached hydrogens (tertiary/aromatic N) is 4. The van der Waals surface area contributed by atoms with E-state index >= 15 is 0 Å². The van der Waals surface area contributed by atoms with Crippen molar-refractivity contribution in [3.05, 3.63) is 69.9 Å². The minimum atomic E-state index is -3.54. The molecule has 0 spiro atoms. The van der Waals surface area contributed by atoms with E-state index in [2.05, 4.69) is 21.0 Å². The second kappa shape index (κ2) is 9.83. The molecule has 0 aliphatic rings. The summed E-state index contributed by atoms with van der Waals surface area (Å²) in [6, 6.07) is 11.5. The number of nitriles is 1. The Hall–Kier alpha value is -4.17. The molecule has 36 heavy (non-hydrogen) atoms. The Morgan fingerprint density at radius 2 is 1.94 bits per heavy atom. The van der Waals surface area contributed by atoms with Crippen LogP contribution >= 0.6 is 0 Å². The number of fused-ring (bicyclic) bond motifs is 1. The van der Waals surface area contributed by atoms with Gasteiger partial charge in [0, 0.05) is 23.6 Å². The van der Waals surface area contributed by atoms with Crippen LogP contribution in [0.4, 0.5) is 0 Å². The molecule has 0 saturated carbocycles. The molecule has 4 aromatic rings. The van der Waals surface area contributed by atoms with E-state index in [1.807, 2.05) is 19.1 Å². The monoisotopic (exact) mass is 507 g/mol. The highest BCUT2D eigenvalue weighted by Crippen LogP contribution is 2.32. The van der Waals surface area contributed by atoms with Crippen LogP contribution in [-0.2, 0) is 9.84 Å². The van der Waals surface area contributed by atoms with Gasteiger partial charge in [-0.2, -0.15) is 5.26 Å². The van der Waals surface area contributed by atoms with Crippen LogP contribution in [0.25, 0.3) is 22.3 Å². The van der Waals surface area contributed by atoms with Gasteiger partial charge in [-0.15, -0.1) is 0 Å². The van der Waals surface area contributed by atoms with Crippen LogP contribution < -0.4 is 15.2 Å². The summed E-state index contributed by atoms with van der Waals surface area (Å²) in [6.07, 6.45) is 2.69. The molecule has 0 saturated heterocycles. The summed E-state index contributed by atoms with van der Waals surface area (Å²) in [5.74, 6) is 0.202. The number of rotatable bonds is 8. The van der Waals surface area contributed by atoms with Crippen molar-refractivity contribution in [2.75, 3.05) is 25.7 Å². The molecular weight excluding hydrogens is 482 g/mol. The van der Waals surface area contributed by atoms with Crippen molar-refractivity contribution in [3.63, 3.8) is 0 Å². The first-order valence-corrected chi connectivity index (χ1v) is 13.2. The molecule has 10 nitrogen and oxygen atoms in total. The van der Waals surface area contributed by atoms with Crippen LogP contribution in [0.3, 0.4) is 0 Å². The number of nitrogens with one attached hydrogen (secondary N) is 1. The SMILES string of the molecule is CCOc1nc([C@H](CS(C)(=O)=O)n2c(=O)[nH]c3c(C)c(-c4ccccc4C#N)cnc32)ccc1OC. The highest BCUT2D eigenvalue weighted by molar-refractivity contribution is 7.90. The Morgan fingerprint density at radius 3 is 2.61 bits per heavy atom. The second-order valence-electron chi connectivity index (χ2n) is 8.24. The van der Waals surface area contributed by atoms with E-state index in [-0.39, 0.29) is 17.3 Å². The summed E-state index contributed by atoms with van der Waals surface area (Å²) in [5, 5.41) is 9.52. The fourth-order valence-corrected chi connectivity index (χ4v) is 5.06. The van der Waals surface area contributed by atoms with Gasteiger partial charge in [0.05, 0.1) is 48.4 Å². The summed E-state index contributed by atoms with van der Waals surface area (Å²) in [7, 11) is -2.07. The summed E-state index contributed by atoms with van der Waals surface area (Å²) < 4.78 is 37.0. The molecule has 1 N–H and O–H groups in total. The van der Waals surface area contributed by atoms with Crippen molar-refractivity contribution in [2.45, 2.75) is 19.9 Å². The third-order valence-electron chi connectivity index (χ3n) is 5.80. The maximum absolute atomic E-state index is 13.2. The van der Waals surface area contributed by atoms with Crippen molar-refractivity contribution >= 4 is 21.0 Å². The number of pyridine rings is 2. The normalized spacial score (nSPS) is 12.3. The van der Waals surface area contributed by atoms with Gasteiger partial charge in [-0.05, 0) is 37.6 Å². The number of H-pyrrole nitrogens is 1. The molecule has 11 heteroatoms. The lowest BCUT2D eigenvalue weighted by Gasteiger charge is -2.19. The standard InChI is InChI=1S/C25H25N5O5S/c1-5-35-24-21(34-3)11-10-19(28-24)20(14-36(4,32)33)30-23-22(29-25(30)31)15(2)18(13-27-23)17-9-7-6-8-16(17)12-26/h6-11,13,20H,5,14H2,1-4H3,(H,29,31)/t20-/m0/s1. The summed E-state index contributed by atoms with van der Waals surface area (Å²) in [6.45, 7) is 3.93. The van der Waals surface area contributed by atoms with E-state index in [1.165, 1.54) is 11.7 Å². The minimum Gasteiger partial charge on any atom is -0.491 e. The molecule has 0 aliphatic heterocycles. The van der Waals surface area contributed by atoms with Gasteiger partial charge in [0.15, 0.2) is 11.4 Å². The van der Waals surface area contributed by atoms with E-state index in [0.717, 1.165) is 6.26 Å². The Bertz CT molecular complexity index is 1650. The molecule has 4 rings (SSSR count). The molecule has 0 unspecified atom stereocenters. The maximum atomic E-state index is 13.2. The number of methoxy groups -OCH3 is 1. The topological polar surface area (TPSA) is 140 Å². The number of aromatic nitrogens is 4. The first kappa shape index (κ1) is 24.9. The molecular formula is C25H25N5O5S. The van der Waals surface area contributed by atoms with Crippen LogP contribution in [-0.4, -0.2) is 53.7 Å². The first-order chi connectivity index (χ1) is 17.2. The molecule has 0 amide bonds. The van der Waals surface area contributed by atoms with E-state index in [0.29, 0.717) is 45.8 Å². The Morgan fingerprint density at radius 1 is 1.19 bits per heavy atom. The molecule has 0 fully saturated rings. The van der Waals surface area contributed by atoms with Crippen LogP contribution in [0.5, 0.6) is 11.6 Å². The molecule has 1 aromatic carbocycles. The Kier molecular flexibility index (Phi) is 6.81. The van der Waals surface area contributed by atoms with Gasteiger partial charge >= 0.3 is 5.69 Å². The fraction of sp³-hybridized carbons (Fsp3) is 0.280. The number of hydrogen-bond acceptors (Lipinski definition) is 8. The summed E-state index contributed by atoms with van der Waals surface area (Å²) in [5.41, 5.74) is 3.06. The zero-order valence-corrected chi connectivity index (χ0v) is 21.1. The lowest BCUT2D eigenvalue weighted by molar-refractivity contribution is 0.296. The van der Waals surface area contributed by atoms with Crippen molar-refractivity contribution in [1.29, 1.82) is 5.26 Å².